The van der Waals surface area contributed by atoms with Gasteiger partial charge in [-0.1, -0.05) is 0 Å². The van der Waals surface area contributed by atoms with Gasteiger partial charge in [0.1, 0.15) is 35.2 Å². The lowest BCUT2D eigenvalue weighted by Gasteiger charge is -2.08. The Morgan fingerprint density at radius 1 is 0.826 bits per heavy atom. The van der Waals surface area contributed by atoms with E-state index >= 15 is 0 Å². The van der Waals surface area contributed by atoms with Crippen LogP contribution in [-0.4, -0.2) is 19.9 Å². The minimum atomic E-state index is 0.233. The lowest BCUT2D eigenvalue weighted by atomic mass is 10.1. The molecule has 0 saturated carbocycles. The molecule has 2 aromatic rings. The van der Waals surface area contributed by atoms with Crippen LogP contribution in [0.4, 0.5) is 0 Å². The first-order valence-corrected chi connectivity index (χ1v) is 7.91. The van der Waals surface area contributed by atoms with E-state index in [1.165, 1.54) is 18.8 Å². The molecular weight excluding hydrogens is 291 g/mol. The first kappa shape index (κ1) is 14.3. The third-order valence-electron chi connectivity index (χ3n) is 4.10. The minimum Gasteiger partial charge on any atom is -0.526 e. The van der Waals surface area contributed by atoms with E-state index in [0.717, 1.165) is 35.8 Å². The molecular formula is C18H18BO4. The fourth-order valence-electron chi connectivity index (χ4n) is 3.08. The Hall–Kier alpha value is -2.30. The summed E-state index contributed by atoms with van der Waals surface area (Å²) in [5.41, 5.74) is 2.35. The van der Waals surface area contributed by atoms with Crippen molar-refractivity contribution in [1.82, 2.24) is 0 Å². The van der Waals surface area contributed by atoms with Crippen LogP contribution < -0.4 is 18.8 Å². The first-order chi connectivity index (χ1) is 11.2. The Labute approximate surface area is 136 Å². The normalized spacial score (nSPS) is 21.0. The summed E-state index contributed by atoms with van der Waals surface area (Å²) in [4.78, 5) is 0. The summed E-state index contributed by atoms with van der Waals surface area (Å²) in [7, 11) is 1.36. The van der Waals surface area contributed by atoms with E-state index in [1.807, 2.05) is 36.4 Å². The first-order valence-electron chi connectivity index (χ1n) is 7.91. The van der Waals surface area contributed by atoms with Crippen LogP contribution in [0.1, 0.15) is 25.0 Å². The van der Waals surface area contributed by atoms with E-state index < -0.39 is 0 Å². The van der Waals surface area contributed by atoms with Gasteiger partial charge in [0.25, 0.3) is 0 Å². The maximum absolute atomic E-state index is 5.68. The van der Waals surface area contributed by atoms with Gasteiger partial charge in [0.15, 0.2) is 0 Å². The van der Waals surface area contributed by atoms with Crippen molar-refractivity contribution >= 4 is 7.69 Å². The maximum Gasteiger partial charge on any atom is 0.658 e. The highest BCUT2D eigenvalue weighted by atomic mass is 16.6. The molecule has 2 heterocycles. The summed E-state index contributed by atoms with van der Waals surface area (Å²) < 4.78 is 22.5. The van der Waals surface area contributed by atoms with Crippen molar-refractivity contribution in [2.24, 2.45) is 0 Å². The van der Waals surface area contributed by atoms with Crippen molar-refractivity contribution in [3.63, 3.8) is 0 Å². The zero-order chi connectivity index (χ0) is 15.8. The van der Waals surface area contributed by atoms with Crippen molar-refractivity contribution in [2.45, 2.75) is 38.9 Å². The molecule has 2 atom stereocenters. The molecule has 1 radical (unpaired) electrons. The van der Waals surface area contributed by atoms with E-state index in [4.69, 9.17) is 18.8 Å². The van der Waals surface area contributed by atoms with Gasteiger partial charge in [0.2, 0.25) is 0 Å². The van der Waals surface area contributed by atoms with Gasteiger partial charge in [-0.2, -0.15) is 0 Å². The van der Waals surface area contributed by atoms with E-state index in [1.54, 1.807) is 0 Å². The quantitative estimate of drug-likeness (QED) is 0.812. The average Bonchev–Trinajstić information content (AvgIpc) is 3.06. The third kappa shape index (κ3) is 2.96. The SMILES string of the molecule is CC1Cc2cc(O[B]Oc3ccc4c(c3)CC(C)O4)ccc2O1. The topological polar surface area (TPSA) is 36.9 Å². The molecule has 117 valence electrons. The van der Waals surface area contributed by atoms with Gasteiger partial charge in [-0.05, 0) is 50.2 Å². The number of fused-ring (bicyclic) bond motifs is 2. The molecule has 2 aromatic carbocycles. The molecule has 0 aromatic heterocycles. The molecule has 4 rings (SSSR count). The summed E-state index contributed by atoms with van der Waals surface area (Å²) in [5, 5.41) is 0. The Morgan fingerprint density at radius 3 is 1.78 bits per heavy atom. The van der Waals surface area contributed by atoms with Crippen molar-refractivity contribution in [3.8, 4) is 23.0 Å². The highest BCUT2D eigenvalue weighted by Gasteiger charge is 2.20. The third-order valence-corrected chi connectivity index (χ3v) is 4.10. The van der Waals surface area contributed by atoms with Crippen LogP contribution in [-0.2, 0) is 12.8 Å². The van der Waals surface area contributed by atoms with Crippen LogP contribution in [0.5, 0.6) is 23.0 Å². The van der Waals surface area contributed by atoms with Gasteiger partial charge in [0, 0.05) is 24.0 Å². The fraction of sp³-hybridized carbons (Fsp3) is 0.333. The predicted molar refractivity (Wildman–Crippen MR) is 87.5 cm³/mol. The van der Waals surface area contributed by atoms with Crippen LogP contribution in [0.2, 0.25) is 0 Å². The lowest BCUT2D eigenvalue weighted by Crippen LogP contribution is -2.11. The summed E-state index contributed by atoms with van der Waals surface area (Å²) >= 11 is 0. The molecule has 5 heteroatoms. The molecule has 0 N–H and O–H groups in total. The predicted octanol–water partition coefficient (Wildman–Crippen LogP) is 3.33. The summed E-state index contributed by atoms with van der Waals surface area (Å²) in [6.45, 7) is 4.13. The van der Waals surface area contributed by atoms with E-state index in [-0.39, 0.29) is 12.2 Å². The Bertz CT molecular complexity index is 669. The molecule has 0 bridgehead atoms. The van der Waals surface area contributed by atoms with Gasteiger partial charge in [-0.25, -0.2) is 0 Å². The summed E-state index contributed by atoms with van der Waals surface area (Å²) in [5.74, 6) is 3.39. The Balaban J connectivity index is 1.36. The van der Waals surface area contributed by atoms with Crippen LogP contribution in [0.3, 0.4) is 0 Å². The number of ether oxygens (including phenoxy) is 2. The highest BCUT2D eigenvalue weighted by molar-refractivity contribution is 6.20. The minimum absolute atomic E-state index is 0.233. The van der Waals surface area contributed by atoms with Crippen molar-refractivity contribution in [2.75, 3.05) is 0 Å². The van der Waals surface area contributed by atoms with Gasteiger partial charge < -0.3 is 18.8 Å². The fourth-order valence-corrected chi connectivity index (χ4v) is 3.08. The van der Waals surface area contributed by atoms with E-state index in [0.29, 0.717) is 0 Å². The van der Waals surface area contributed by atoms with Gasteiger partial charge in [0.05, 0.1) is 0 Å². The van der Waals surface area contributed by atoms with Crippen molar-refractivity contribution < 1.29 is 18.8 Å². The highest BCUT2D eigenvalue weighted by Crippen LogP contribution is 2.33. The smallest absolute Gasteiger partial charge is 0.526 e. The van der Waals surface area contributed by atoms with Crippen LogP contribution >= 0.6 is 0 Å². The van der Waals surface area contributed by atoms with Gasteiger partial charge >= 0.3 is 7.69 Å². The second-order valence-electron chi connectivity index (χ2n) is 6.14. The number of rotatable bonds is 4. The second kappa shape index (κ2) is 5.72. The van der Waals surface area contributed by atoms with E-state index in [9.17, 15) is 0 Å². The van der Waals surface area contributed by atoms with E-state index in [2.05, 4.69) is 13.8 Å². The summed E-state index contributed by atoms with van der Waals surface area (Å²) in [6.07, 6.45) is 2.29. The zero-order valence-corrected chi connectivity index (χ0v) is 13.2. The number of hydrogen-bond donors (Lipinski definition) is 0. The molecule has 0 saturated heterocycles. The average molecular weight is 309 g/mol. The lowest BCUT2D eigenvalue weighted by molar-refractivity contribution is 0.254. The molecule has 2 unspecified atom stereocenters. The Kier molecular flexibility index (Phi) is 3.56. The molecule has 0 fully saturated rings. The second-order valence-corrected chi connectivity index (χ2v) is 6.14. The van der Waals surface area contributed by atoms with Gasteiger partial charge in [-0.3, -0.25) is 0 Å². The number of hydrogen-bond acceptors (Lipinski definition) is 4. The molecule has 0 spiro atoms. The van der Waals surface area contributed by atoms with Crippen LogP contribution in [0.15, 0.2) is 36.4 Å². The molecule has 0 amide bonds. The van der Waals surface area contributed by atoms with Crippen molar-refractivity contribution in [3.05, 3.63) is 47.5 Å². The van der Waals surface area contributed by atoms with Crippen molar-refractivity contribution in [1.29, 1.82) is 0 Å². The zero-order valence-electron chi connectivity index (χ0n) is 13.2. The largest absolute Gasteiger partial charge is 0.658 e. The molecule has 2 aliphatic rings. The maximum atomic E-state index is 5.68. The molecule has 0 aliphatic carbocycles. The number of benzene rings is 2. The standard InChI is InChI=1S/C18H18BO4/c1-11-7-13-9-15(3-5-17(13)20-11)22-19-23-16-4-6-18-14(10-16)8-12(2)21-18/h3-6,9-12H,7-8H2,1-2H3. The molecule has 2 aliphatic heterocycles. The van der Waals surface area contributed by atoms with Crippen LogP contribution in [0.25, 0.3) is 0 Å². The summed E-state index contributed by atoms with van der Waals surface area (Å²) in [6, 6.07) is 11.6. The Morgan fingerprint density at radius 2 is 1.30 bits per heavy atom. The molecule has 4 nitrogen and oxygen atoms in total. The van der Waals surface area contributed by atoms with Crippen LogP contribution in [0, 0.1) is 0 Å². The van der Waals surface area contributed by atoms with Gasteiger partial charge in [-0.15, -0.1) is 0 Å². The molecule has 23 heavy (non-hydrogen) atoms. The monoisotopic (exact) mass is 309 g/mol.